The van der Waals surface area contributed by atoms with Gasteiger partial charge in [0.25, 0.3) is 7.82 Å². The number of allylic oxidation sites excluding steroid dienone is 6. The number of nitrogens with one attached hydrogen (secondary N) is 1. The van der Waals surface area contributed by atoms with Crippen molar-refractivity contribution in [2.24, 2.45) is 0 Å². The number of aliphatic hydroxyl groups is 1. The molecule has 0 aliphatic rings. The van der Waals surface area contributed by atoms with Gasteiger partial charge in [0, 0.05) is 6.42 Å². The number of rotatable bonds is 56. The summed E-state index contributed by atoms with van der Waals surface area (Å²) in [4.78, 5) is 25.5. The van der Waals surface area contributed by atoms with Gasteiger partial charge in [0.1, 0.15) is 13.2 Å². The lowest BCUT2D eigenvalue weighted by Gasteiger charge is -2.30. The highest BCUT2D eigenvalue weighted by molar-refractivity contribution is 7.45. The molecule has 70 heavy (non-hydrogen) atoms. The summed E-state index contributed by atoms with van der Waals surface area (Å²) in [6.45, 7) is 4.64. The third-order valence-electron chi connectivity index (χ3n) is 13.9. The Labute approximate surface area is 436 Å². The normalized spacial score (nSPS) is 14.1. The van der Waals surface area contributed by atoms with E-state index in [1.54, 1.807) is 0 Å². The lowest BCUT2D eigenvalue weighted by Crippen LogP contribution is -2.46. The molecule has 0 fully saturated rings. The zero-order valence-electron chi connectivity index (χ0n) is 47.2. The van der Waals surface area contributed by atoms with E-state index in [4.69, 9.17) is 9.05 Å². The van der Waals surface area contributed by atoms with Gasteiger partial charge in [-0.1, -0.05) is 281 Å². The van der Waals surface area contributed by atoms with E-state index >= 15 is 0 Å². The summed E-state index contributed by atoms with van der Waals surface area (Å²) in [6.07, 6.45) is 67.7. The van der Waals surface area contributed by atoms with Gasteiger partial charge in [-0.2, -0.15) is 0 Å². The van der Waals surface area contributed by atoms with Crippen LogP contribution in [0.2, 0.25) is 0 Å². The minimum Gasteiger partial charge on any atom is -0.756 e. The highest BCUT2D eigenvalue weighted by Gasteiger charge is 2.24. The predicted molar refractivity (Wildman–Crippen MR) is 302 cm³/mol. The minimum atomic E-state index is -4.58. The van der Waals surface area contributed by atoms with Crippen LogP contribution in [0.15, 0.2) is 36.5 Å². The summed E-state index contributed by atoms with van der Waals surface area (Å²) < 4.78 is 23.4. The van der Waals surface area contributed by atoms with E-state index in [0.717, 1.165) is 64.2 Å². The van der Waals surface area contributed by atoms with Gasteiger partial charge in [0.05, 0.1) is 39.9 Å². The number of amides is 1. The Morgan fingerprint density at radius 3 is 1.27 bits per heavy atom. The zero-order valence-corrected chi connectivity index (χ0v) is 48.1. The number of nitrogens with zero attached hydrogens (tertiary/aromatic N) is 1. The fraction of sp³-hybridized carbons (Fsp3) is 0.885. The van der Waals surface area contributed by atoms with Gasteiger partial charge in [-0.25, -0.2) is 0 Å². The van der Waals surface area contributed by atoms with Gasteiger partial charge in [0.2, 0.25) is 5.91 Å². The Bertz CT molecular complexity index is 1230. The van der Waals surface area contributed by atoms with Crippen LogP contribution in [0.1, 0.15) is 296 Å². The number of carbonyl (C=O) groups excluding carboxylic acids is 1. The first kappa shape index (κ1) is 68.7. The molecule has 0 saturated heterocycles. The van der Waals surface area contributed by atoms with Gasteiger partial charge in [-0.15, -0.1) is 0 Å². The van der Waals surface area contributed by atoms with E-state index in [9.17, 15) is 19.4 Å². The van der Waals surface area contributed by atoms with Crippen LogP contribution in [0.4, 0.5) is 0 Å². The SMILES string of the molecule is CC/C=C\C/C=C\C/C=C\CCCCCCCCCC(=O)NC(COP(=O)([O-])OCC[N+](C)(C)C)C(O)CCCCCCCCCCCCCCCCCCCCCCCCCCCCCCCCC. The third kappa shape index (κ3) is 54.5. The lowest BCUT2D eigenvalue weighted by molar-refractivity contribution is -0.870. The third-order valence-corrected chi connectivity index (χ3v) is 14.9. The van der Waals surface area contributed by atoms with E-state index in [-0.39, 0.29) is 19.1 Å². The van der Waals surface area contributed by atoms with Crippen LogP contribution in [0.3, 0.4) is 0 Å². The first-order chi connectivity index (χ1) is 34.0. The van der Waals surface area contributed by atoms with Crippen LogP contribution in [-0.2, 0) is 18.4 Å². The maximum Gasteiger partial charge on any atom is 0.268 e. The molecule has 8 nitrogen and oxygen atoms in total. The van der Waals surface area contributed by atoms with E-state index in [0.29, 0.717) is 23.9 Å². The highest BCUT2D eigenvalue weighted by atomic mass is 31.2. The van der Waals surface area contributed by atoms with Crippen LogP contribution in [-0.4, -0.2) is 68.5 Å². The maximum atomic E-state index is 13.0. The molecular formula is C61H119N2O6P. The lowest BCUT2D eigenvalue weighted by atomic mass is 10.0. The van der Waals surface area contributed by atoms with Crippen LogP contribution in [0.25, 0.3) is 0 Å². The number of unbranched alkanes of at least 4 members (excludes halogenated alkanes) is 37. The maximum absolute atomic E-state index is 13.0. The summed E-state index contributed by atoms with van der Waals surface area (Å²) in [7, 11) is 1.30. The fourth-order valence-corrected chi connectivity index (χ4v) is 9.90. The Hall–Kier alpha value is -1.28. The molecule has 0 aliphatic heterocycles. The molecule has 0 aromatic rings. The first-order valence-electron chi connectivity index (χ1n) is 30.3. The molecule has 0 radical (unpaired) electrons. The van der Waals surface area contributed by atoms with Gasteiger partial charge >= 0.3 is 0 Å². The van der Waals surface area contributed by atoms with Gasteiger partial charge < -0.3 is 28.8 Å². The van der Waals surface area contributed by atoms with E-state index in [1.165, 1.54) is 205 Å². The summed E-state index contributed by atoms with van der Waals surface area (Å²) in [5, 5.41) is 14.0. The molecule has 414 valence electrons. The Balaban J connectivity index is 4.04. The second-order valence-electron chi connectivity index (χ2n) is 22.0. The van der Waals surface area contributed by atoms with Crippen molar-refractivity contribution in [3.8, 4) is 0 Å². The Morgan fingerprint density at radius 1 is 0.514 bits per heavy atom. The quantitative estimate of drug-likeness (QED) is 0.0272. The van der Waals surface area contributed by atoms with E-state index in [2.05, 4.69) is 55.6 Å². The largest absolute Gasteiger partial charge is 0.756 e. The molecule has 9 heteroatoms. The molecule has 0 spiro atoms. The van der Waals surface area contributed by atoms with Crippen LogP contribution in [0, 0.1) is 0 Å². The second kappa shape index (κ2) is 52.6. The number of phosphoric ester groups is 1. The molecule has 0 rings (SSSR count). The van der Waals surface area contributed by atoms with Gasteiger partial charge in [-0.05, 0) is 44.9 Å². The number of aliphatic hydroxyl groups excluding tert-OH is 1. The van der Waals surface area contributed by atoms with E-state index in [1.807, 2.05) is 21.1 Å². The number of phosphoric acid groups is 1. The molecule has 0 heterocycles. The number of quaternary nitrogens is 1. The molecule has 1 amide bonds. The molecule has 0 saturated carbocycles. The minimum absolute atomic E-state index is 0.00995. The van der Waals surface area contributed by atoms with Crippen molar-refractivity contribution in [2.75, 3.05) is 40.9 Å². The van der Waals surface area contributed by atoms with Crippen molar-refractivity contribution in [3.05, 3.63) is 36.5 Å². The summed E-state index contributed by atoms with van der Waals surface area (Å²) in [5.41, 5.74) is 0. The highest BCUT2D eigenvalue weighted by Crippen LogP contribution is 2.38. The fourth-order valence-electron chi connectivity index (χ4n) is 9.18. The smallest absolute Gasteiger partial charge is 0.268 e. The molecule has 0 aromatic carbocycles. The number of hydrogen-bond acceptors (Lipinski definition) is 6. The van der Waals surface area contributed by atoms with E-state index < -0.39 is 20.0 Å². The standard InChI is InChI=1S/C61H119N2O6P/c1-6-8-10-12-14-16-18-20-22-24-25-26-27-28-29-30-31-32-33-34-35-36-37-39-40-42-44-46-48-50-52-54-60(64)59(58-69-70(66,67)68-57-56-63(3,4)5)62-61(65)55-53-51-49-47-45-43-41-38-23-21-19-17-15-13-11-9-7-2/h9,11,15,17,21,23,59-60,64H,6-8,10,12-14,16,18-20,22,24-58H2,1-5H3,(H-,62,65,66,67)/b11-9-,17-15-,23-21-. The molecule has 0 aromatic heterocycles. The average molecular weight is 1010 g/mol. The van der Waals surface area contributed by atoms with Crippen molar-refractivity contribution < 1.29 is 32.9 Å². The topological polar surface area (TPSA) is 108 Å². The number of carbonyl (C=O) groups is 1. The summed E-state index contributed by atoms with van der Waals surface area (Å²) >= 11 is 0. The summed E-state index contributed by atoms with van der Waals surface area (Å²) in [6, 6.07) is -0.807. The molecule has 0 aliphatic carbocycles. The molecule has 3 atom stereocenters. The van der Waals surface area contributed by atoms with Crippen molar-refractivity contribution in [2.45, 2.75) is 309 Å². The average Bonchev–Trinajstić information content (AvgIpc) is 3.32. The van der Waals surface area contributed by atoms with Crippen molar-refractivity contribution >= 4 is 13.7 Å². The molecule has 2 N–H and O–H groups in total. The van der Waals surface area contributed by atoms with Gasteiger partial charge in [-0.3, -0.25) is 9.36 Å². The molecular weight excluding hydrogens is 888 g/mol. The Morgan fingerprint density at radius 2 is 0.871 bits per heavy atom. The monoisotopic (exact) mass is 1010 g/mol. The molecule has 3 unspecified atom stereocenters. The Kier molecular flexibility index (Phi) is 51.6. The zero-order chi connectivity index (χ0) is 51.3. The second-order valence-corrected chi connectivity index (χ2v) is 23.4. The van der Waals surface area contributed by atoms with Crippen molar-refractivity contribution in [1.29, 1.82) is 0 Å². The van der Waals surface area contributed by atoms with Crippen molar-refractivity contribution in [1.82, 2.24) is 5.32 Å². The number of hydrogen-bond donors (Lipinski definition) is 2. The van der Waals surface area contributed by atoms with Crippen LogP contribution >= 0.6 is 7.82 Å². The number of likely N-dealkylation sites (N-methyl/N-ethyl adjacent to an activating group) is 1. The summed E-state index contributed by atoms with van der Waals surface area (Å²) in [5.74, 6) is -0.172. The van der Waals surface area contributed by atoms with Crippen LogP contribution < -0.4 is 10.2 Å². The molecule has 0 bridgehead atoms. The predicted octanol–water partition coefficient (Wildman–Crippen LogP) is 17.9. The van der Waals surface area contributed by atoms with Gasteiger partial charge in [0.15, 0.2) is 0 Å². The first-order valence-corrected chi connectivity index (χ1v) is 31.8. The van der Waals surface area contributed by atoms with Crippen molar-refractivity contribution in [3.63, 3.8) is 0 Å². The van der Waals surface area contributed by atoms with Crippen LogP contribution in [0.5, 0.6) is 0 Å².